The Morgan fingerprint density at radius 2 is 1.75 bits per heavy atom. The summed E-state index contributed by atoms with van der Waals surface area (Å²) in [5.41, 5.74) is 0. The molecule has 0 aromatic rings. The molecule has 0 heterocycles. The molecule has 0 radical (unpaired) electrons. The van der Waals surface area contributed by atoms with Gasteiger partial charge in [0.05, 0.1) is 6.42 Å². The van der Waals surface area contributed by atoms with E-state index in [4.69, 9.17) is 0 Å². The highest BCUT2D eigenvalue weighted by molar-refractivity contribution is 5.12. The molecule has 2 aliphatic carbocycles. The van der Waals surface area contributed by atoms with Crippen LogP contribution < -0.4 is 0 Å². The summed E-state index contributed by atoms with van der Waals surface area (Å²) in [4.78, 5) is 0. The molecule has 0 nitrogen and oxygen atoms in total. The number of hydrogen-bond acceptors (Lipinski definition) is 0. The third kappa shape index (κ3) is 2.09. The number of alkyl halides is 5. The Morgan fingerprint density at radius 3 is 2.19 bits per heavy atom. The molecule has 2 aliphatic rings. The van der Waals surface area contributed by atoms with Crippen LogP contribution in [0.25, 0.3) is 0 Å². The van der Waals surface area contributed by atoms with Crippen LogP contribution in [0.5, 0.6) is 0 Å². The van der Waals surface area contributed by atoms with Gasteiger partial charge in [-0.3, -0.25) is 0 Å². The maximum absolute atomic E-state index is 13.6. The van der Waals surface area contributed by atoms with Crippen molar-refractivity contribution in [1.29, 1.82) is 0 Å². The Labute approximate surface area is 90.5 Å². The van der Waals surface area contributed by atoms with Gasteiger partial charge in [0.15, 0.2) is 6.67 Å². The van der Waals surface area contributed by atoms with Crippen molar-refractivity contribution in [2.24, 2.45) is 17.8 Å². The Bertz CT molecular complexity index is 297. The minimum Gasteiger partial charge on any atom is -0.244 e. The topological polar surface area (TPSA) is 0 Å². The Hall–Kier alpha value is -0.610. The van der Waals surface area contributed by atoms with Crippen LogP contribution in [0.1, 0.15) is 19.3 Å². The summed E-state index contributed by atoms with van der Waals surface area (Å²) in [6.45, 7) is -2.01. The van der Waals surface area contributed by atoms with Crippen LogP contribution >= 0.6 is 0 Å². The lowest BCUT2D eigenvalue weighted by Gasteiger charge is -2.30. The smallest absolute Gasteiger partial charge is 0.244 e. The van der Waals surface area contributed by atoms with Gasteiger partial charge < -0.3 is 0 Å². The first kappa shape index (κ1) is 11.9. The lowest BCUT2D eigenvalue weighted by Crippen LogP contribution is -2.38. The van der Waals surface area contributed by atoms with Crippen molar-refractivity contribution in [2.45, 2.75) is 31.1 Å². The first-order chi connectivity index (χ1) is 7.34. The van der Waals surface area contributed by atoms with Crippen molar-refractivity contribution < 1.29 is 22.0 Å². The van der Waals surface area contributed by atoms with Crippen LogP contribution in [-0.4, -0.2) is 18.5 Å². The Kier molecular flexibility index (Phi) is 2.75. The lowest BCUT2D eigenvalue weighted by atomic mass is 9.85. The predicted octanol–water partition coefficient (Wildman–Crippen LogP) is 3.83. The molecule has 2 rings (SSSR count). The third-order valence-corrected chi connectivity index (χ3v) is 3.51. The van der Waals surface area contributed by atoms with E-state index in [0.717, 1.165) is 0 Å². The molecule has 0 amide bonds. The first-order valence-corrected chi connectivity index (χ1v) is 5.34. The zero-order valence-corrected chi connectivity index (χ0v) is 8.61. The van der Waals surface area contributed by atoms with Gasteiger partial charge in [0.1, 0.15) is 0 Å². The van der Waals surface area contributed by atoms with Crippen LogP contribution in [0.2, 0.25) is 0 Å². The fourth-order valence-electron chi connectivity index (χ4n) is 2.79. The van der Waals surface area contributed by atoms with Crippen molar-refractivity contribution in [1.82, 2.24) is 0 Å². The monoisotopic (exact) mass is 240 g/mol. The Balaban J connectivity index is 2.05. The quantitative estimate of drug-likeness (QED) is 0.517. The summed E-state index contributed by atoms with van der Waals surface area (Å²) >= 11 is 0. The van der Waals surface area contributed by atoms with Crippen LogP contribution in [0.3, 0.4) is 0 Å². The molecule has 0 N–H and O–H groups in total. The molecule has 16 heavy (non-hydrogen) atoms. The summed E-state index contributed by atoms with van der Waals surface area (Å²) in [6, 6.07) is 0. The fraction of sp³-hybridized carbons (Fsp3) is 0.818. The zero-order chi connectivity index (χ0) is 12.0. The van der Waals surface area contributed by atoms with E-state index < -0.39 is 30.9 Å². The molecule has 5 heteroatoms. The summed E-state index contributed by atoms with van der Waals surface area (Å²) in [5, 5.41) is 0. The molecular weight excluding hydrogens is 227 g/mol. The average molecular weight is 240 g/mol. The van der Waals surface area contributed by atoms with Gasteiger partial charge in [-0.25, -0.2) is 22.0 Å². The Morgan fingerprint density at radius 1 is 1.06 bits per heavy atom. The van der Waals surface area contributed by atoms with Crippen molar-refractivity contribution in [3.63, 3.8) is 0 Å². The van der Waals surface area contributed by atoms with E-state index in [1.807, 2.05) is 6.08 Å². The van der Waals surface area contributed by atoms with Crippen LogP contribution in [0, 0.1) is 17.8 Å². The van der Waals surface area contributed by atoms with Crippen LogP contribution in [-0.2, 0) is 0 Å². The van der Waals surface area contributed by atoms with Gasteiger partial charge in [0.2, 0.25) is 0 Å². The molecule has 0 aromatic carbocycles. The van der Waals surface area contributed by atoms with E-state index in [9.17, 15) is 22.0 Å². The van der Waals surface area contributed by atoms with Gasteiger partial charge in [-0.2, -0.15) is 0 Å². The molecule has 0 spiro atoms. The van der Waals surface area contributed by atoms with Crippen LogP contribution in [0.4, 0.5) is 22.0 Å². The molecule has 0 saturated heterocycles. The average Bonchev–Trinajstić information content (AvgIpc) is 2.77. The maximum atomic E-state index is 13.6. The van der Waals surface area contributed by atoms with Crippen molar-refractivity contribution >= 4 is 0 Å². The minimum atomic E-state index is -3.91. The molecule has 3 unspecified atom stereocenters. The highest BCUT2D eigenvalue weighted by Crippen LogP contribution is 2.52. The third-order valence-electron chi connectivity index (χ3n) is 3.51. The van der Waals surface area contributed by atoms with E-state index >= 15 is 0 Å². The van der Waals surface area contributed by atoms with Crippen molar-refractivity contribution in [2.75, 3.05) is 6.67 Å². The second-order valence-electron chi connectivity index (χ2n) is 4.81. The normalized spacial score (nSPS) is 33.7. The molecule has 1 saturated carbocycles. The number of fused-ring (bicyclic) bond motifs is 2. The number of allylic oxidation sites excluding steroid dienone is 2. The highest BCUT2D eigenvalue weighted by atomic mass is 19.3. The summed E-state index contributed by atoms with van der Waals surface area (Å²) < 4.78 is 64.4. The van der Waals surface area contributed by atoms with Crippen molar-refractivity contribution in [3.8, 4) is 0 Å². The molecule has 0 aromatic heterocycles. The molecule has 92 valence electrons. The standard InChI is InChI=1S/C11H13F5/c12-6-10(13,14)5-11(15,16)9-4-7-1-2-8(9)3-7/h1-2,7-9H,3-6H2. The molecule has 2 bridgehead atoms. The molecule has 3 atom stereocenters. The first-order valence-electron chi connectivity index (χ1n) is 5.34. The lowest BCUT2D eigenvalue weighted by molar-refractivity contribution is -0.150. The van der Waals surface area contributed by atoms with E-state index in [0.29, 0.717) is 6.42 Å². The number of hydrogen-bond donors (Lipinski definition) is 0. The van der Waals surface area contributed by atoms with E-state index in [2.05, 4.69) is 0 Å². The summed E-state index contributed by atoms with van der Waals surface area (Å²) in [5.74, 6) is -8.63. The van der Waals surface area contributed by atoms with E-state index in [1.54, 1.807) is 6.08 Å². The van der Waals surface area contributed by atoms with Gasteiger partial charge in [-0.15, -0.1) is 0 Å². The fourth-order valence-corrected chi connectivity index (χ4v) is 2.79. The van der Waals surface area contributed by atoms with Gasteiger partial charge in [-0.05, 0) is 24.7 Å². The van der Waals surface area contributed by atoms with Crippen LogP contribution in [0.15, 0.2) is 12.2 Å². The maximum Gasteiger partial charge on any atom is 0.281 e. The summed E-state index contributed by atoms with van der Waals surface area (Å²) in [6.07, 6.45) is 2.75. The van der Waals surface area contributed by atoms with Gasteiger partial charge in [-0.1, -0.05) is 12.2 Å². The summed E-state index contributed by atoms with van der Waals surface area (Å²) in [7, 11) is 0. The zero-order valence-electron chi connectivity index (χ0n) is 8.61. The molecule has 1 fully saturated rings. The second kappa shape index (κ2) is 3.70. The van der Waals surface area contributed by atoms with Gasteiger partial charge >= 0.3 is 0 Å². The second-order valence-corrected chi connectivity index (χ2v) is 4.81. The molecule has 0 aliphatic heterocycles. The number of halogens is 5. The number of rotatable bonds is 4. The van der Waals surface area contributed by atoms with E-state index in [1.165, 1.54) is 0 Å². The van der Waals surface area contributed by atoms with Gasteiger partial charge in [0.25, 0.3) is 11.8 Å². The largest absolute Gasteiger partial charge is 0.281 e. The SMILES string of the molecule is FCC(F)(F)CC(F)(F)C1CC2C=CC1C2. The van der Waals surface area contributed by atoms with E-state index in [-0.39, 0.29) is 18.3 Å². The minimum absolute atomic E-state index is 0.0971. The predicted molar refractivity (Wildman–Crippen MR) is 49.3 cm³/mol. The van der Waals surface area contributed by atoms with Crippen molar-refractivity contribution in [3.05, 3.63) is 12.2 Å². The highest BCUT2D eigenvalue weighted by Gasteiger charge is 2.54. The van der Waals surface area contributed by atoms with Gasteiger partial charge in [0, 0.05) is 5.92 Å². The molecular formula is C11H13F5.